The molecule has 2 aliphatic rings. The molecule has 0 aromatic heterocycles. The first-order chi connectivity index (χ1) is 33.7. The lowest BCUT2D eigenvalue weighted by atomic mass is 9.67. The summed E-state index contributed by atoms with van der Waals surface area (Å²) in [6, 6.07) is 83.9. The number of aryl methyl sites for hydroxylation is 1. The zero-order valence-electron chi connectivity index (χ0n) is 38.4. The number of benzene rings is 10. The van der Waals surface area contributed by atoms with Crippen LogP contribution in [0.15, 0.2) is 260 Å². The largest absolute Gasteiger partial charge is 0.0807 e. The van der Waals surface area contributed by atoms with E-state index in [1.807, 2.05) is 0 Å². The van der Waals surface area contributed by atoms with Crippen molar-refractivity contribution in [1.82, 2.24) is 0 Å². The van der Waals surface area contributed by atoms with Gasteiger partial charge in [-0.2, -0.15) is 0 Å². The van der Waals surface area contributed by atoms with Crippen LogP contribution in [0.25, 0.3) is 54.9 Å². The predicted octanol–water partition coefficient (Wildman–Crippen LogP) is 17.4. The molecule has 0 aliphatic heterocycles. The topological polar surface area (TPSA) is 0 Å². The van der Waals surface area contributed by atoms with Gasteiger partial charge in [0.25, 0.3) is 0 Å². The van der Waals surface area contributed by atoms with Gasteiger partial charge in [0.2, 0.25) is 0 Å². The monoisotopic (exact) mass is 868 g/mol. The average Bonchev–Trinajstić information content (AvgIpc) is 3.48. The van der Waals surface area contributed by atoms with Crippen molar-refractivity contribution in [1.29, 1.82) is 0 Å². The van der Waals surface area contributed by atoms with Crippen molar-refractivity contribution in [2.24, 2.45) is 0 Å². The molecule has 2 unspecified atom stereocenters. The van der Waals surface area contributed by atoms with Crippen LogP contribution in [0.1, 0.15) is 62.4 Å². The lowest BCUT2D eigenvalue weighted by Crippen LogP contribution is -2.29. The zero-order valence-corrected chi connectivity index (χ0v) is 38.4. The Morgan fingerprint density at radius 1 is 0.456 bits per heavy atom. The van der Waals surface area contributed by atoms with Crippen LogP contribution in [-0.2, 0) is 18.3 Å². The maximum absolute atomic E-state index is 2.44. The fraction of sp³-hybridized carbons (Fsp3) is 0.0882. The van der Waals surface area contributed by atoms with E-state index >= 15 is 0 Å². The molecule has 10 aromatic rings. The number of fused-ring (bicyclic) bond motifs is 5. The lowest BCUT2D eigenvalue weighted by Gasteiger charge is -2.34. The highest BCUT2D eigenvalue weighted by atomic mass is 14.5. The number of rotatable bonds is 10. The Labute approximate surface area is 400 Å². The minimum atomic E-state index is -0.482. The van der Waals surface area contributed by atoms with Crippen LogP contribution in [0.3, 0.4) is 0 Å². The fourth-order valence-electron chi connectivity index (χ4n) is 11.8. The van der Waals surface area contributed by atoms with E-state index in [2.05, 4.69) is 262 Å². The average molecular weight is 869 g/mol. The van der Waals surface area contributed by atoms with Crippen molar-refractivity contribution < 1.29 is 0 Å². The van der Waals surface area contributed by atoms with E-state index in [1.54, 1.807) is 0 Å². The molecule has 10 aromatic carbocycles. The van der Waals surface area contributed by atoms with Crippen LogP contribution in [0, 0.1) is 6.92 Å². The SMILES string of the molecule is Cc1cc(C(Cc2ccccc2)c2ccccc2)ccc1-c1ccccc1Cc1c2ccccc2c(-c2cccc3c2-c2ccccc2C3(C2=CC=CCC=C2)c2ccccc2)c2ccccc12. The summed E-state index contributed by atoms with van der Waals surface area (Å²) in [4.78, 5) is 0. The second-order valence-electron chi connectivity index (χ2n) is 18.6. The van der Waals surface area contributed by atoms with Crippen LogP contribution in [0.4, 0.5) is 0 Å². The normalized spacial score (nSPS) is 15.5. The predicted molar refractivity (Wildman–Crippen MR) is 287 cm³/mol. The first-order valence-corrected chi connectivity index (χ1v) is 24.2. The molecule has 0 heteroatoms. The van der Waals surface area contributed by atoms with Crippen LogP contribution in [0.2, 0.25) is 0 Å². The van der Waals surface area contributed by atoms with Crippen molar-refractivity contribution in [3.8, 4) is 33.4 Å². The third-order valence-electron chi connectivity index (χ3n) is 14.8. The molecule has 0 amide bonds. The summed E-state index contributed by atoms with van der Waals surface area (Å²) in [5, 5.41) is 5.16. The third kappa shape index (κ3) is 6.99. The van der Waals surface area contributed by atoms with Gasteiger partial charge < -0.3 is 0 Å². The lowest BCUT2D eigenvalue weighted by molar-refractivity contribution is 0.767. The van der Waals surface area contributed by atoms with Gasteiger partial charge in [-0.25, -0.2) is 0 Å². The molecule has 0 bridgehead atoms. The van der Waals surface area contributed by atoms with Crippen molar-refractivity contribution in [2.75, 3.05) is 0 Å². The maximum atomic E-state index is 2.44. The van der Waals surface area contributed by atoms with E-state index in [9.17, 15) is 0 Å². The van der Waals surface area contributed by atoms with Crippen molar-refractivity contribution in [2.45, 2.75) is 37.5 Å². The van der Waals surface area contributed by atoms with E-state index in [-0.39, 0.29) is 5.92 Å². The summed E-state index contributed by atoms with van der Waals surface area (Å²) in [6.07, 6.45) is 14.2. The molecule has 12 rings (SSSR count). The maximum Gasteiger partial charge on any atom is 0.0713 e. The Morgan fingerprint density at radius 2 is 1.06 bits per heavy atom. The molecular weight excluding hydrogens is 817 g/mol. The van der Waals surface area contributed by atoms with Gasteiger partial charge in [-0.05, 0) is 137 Å². The van der Waals surface area contributed by atoms with Crippen LogP contribution in [-0.4, -0.2) is 0 Å². The zero-order chi connectivity index (χ0) is 45.4. The van der Waals surface area contributed by atoms with Crippen LogP contribution < -0.4 is 0 Å². The Kier molecular flexibility index (Phi) is 10.7. The molecule has 0 radical (unpaired) electrons. The van der Waals surface area contributed by atoms with E-state index in [0.717, 1.165) is 19.3 Å². The molecule has 0 saturated carbocycles. The van der Waals surface area contributed by atoms with Gasteiger partial charge in [0.1, 0.15) is 0 Å². The highest BCUT2D eigenvalue weighted by Gasteiger charge is 2.47. The molecule has 0 fully saturated rings. The molecular formula is C68H52. The first-order valence-electron chi connectivity index (χ1n) is 24.2. The van der Waals surface area contributed by atoms with Gasteiger partial charge >= 0.3 is 0 Å². The van der Waals surface area contributed by atoms with E-state index < -0.39 is 5.41 Å². The van der Waals surface area contributed by atoms with Gasteiger partial charge in [-0.3, -0.25) is 0 Å². The highest BCUT2D eigenvalue weighted by molar-refractivity contribution is 6.17. The molecule has 0 spiro atoms. The number of hydrogen-bond acceptors (Lipinski definition) is 0. The Balaban J connectivity index is 1.01. The quantitative estimate of drug-likeness (QED) is 0.120. The minimum absolute atomic E-state index is 0.259. The summed E-state index contributed by atoms with van der Waals surface area (Å²) < 4.78 is 0. The van der Waals surface area contributed by atoms with Crippen molar-refractivity contribution in [3.63, 3.8) is 0 Å². The molecule has 0 N–H and O–H groups in total. The second-order valence-corrected chi connectivity index (χ2v) is 18.6. The highest BCUT2D eigenvalue weighted by Crippen LogP contribution is 2.60. The number of allylic oxidation sites excluding steroid dienone is 6. The Morgan fingerprint density at radius 3 is 1.79 bits per heavy atom. The minimum Gasteiger partial charge on any atom is -0.0807 e. The molecule has 0 saturated heterocycles. The van der Waals surface area contributed by atoms with E-state index in [4.69, 9.17) is 0 Å². The van der Waals surface area contributed by atoms with E-state index in [1.165, 1.54) is 111 Å². The Bertz CT molecular complexity index is 3530. The summed E-state index contributed by atoms with van der Waals surface area (Å²) in [5.41, 5.74) is 20.6. The first kappa shape index (κ1) is 41.4. The standard InChI is InChI=1S/C68H52/c1-47-44-51(62(49-26-9-5-10-27-49)45-48-24-7-4-8-25-48)42-43-54(47)55-33-16-15-28-50(55)46-63-56-34-17-19-36-58(56)66(59-37-20-18-35-57(59)63)61-39-23-41-65-67(61)60-38-21-22-40-64(60)68(65,53-31-13-6-14-32-53)52-29-11-2-3-12-30-52/h2,4-44,62H,3,45-46H2,1H3. The summed E-state index contributed by atoms with van der Waals surface area (Å²) in [6.45, 7) is 2.29. The molecule has 68 heavy (non-hydrogen) atoms. The summed E-state index contributed by atoms with van der Waals surface area (Å²) >= 11 is 0. The Hall–Kier alpha value is -8.06. The van der Waals surface area contributed by atoms with Crippen molar-refractivity contribution >= 4 is 21.5 Å². The molecule has 0 nitrogen and oxygen atoms in total. The molecule has 2 atom stereocenters. The van der Waals surface area contributed by atoms with Gasteiger partial charge in [0.15, 0.2) is 0 Å². The van der Waals surface area contributed by atoms with E-state index in [0.29, 0.717) is 0 Å². The third-order valence-corrected chi connectivity index (χ3v) is 14.8. The van der Waals surface area contributed by atoms with Crippen LogP contribution >= 0.6 is 0 Å². The van der Waals surface area contributed by atoms with Crippen LogP contribution in [0.5, 0.6) is 0 Å². The molecule has 2 aliphatic carbocycles. The van der Waals surface area contributed by atoms with Gasteiger partial charge in [0, 0.05) is 5.92 Å². The van der Waals surface area contributed by atoms with Gasteiger partial charge in [0.05, 0.1) is 5.41 Å². The second kappa shape index (κ2) is 17.6. The van der Waals surface area contributed by atoms with Crippen molar-refractivity contribution in [3.05, 3.63) is 310 Å². The summed E-state index contributed by atoms with van der Waals surface area (Å²) in [7, 11) is 0. The van der Waals surface area contributed by atoms with Gasteiger partial charge in [-0.1, -0.05) is 255 Å². The van der Waals surface area contributed by atoms with Gasteiger partial charge in [-0.15, -0.1) is 0 Å². The summed E-state index contributed by atoms with van der Waals surface area (Å²) in [5.74, 6) is 0.259. The molecule has 324 valence electrons. The number of hydrogen-bond donors (Lipinski definition) is 0. The molecule has 0 heterocycles. The fourth-order valence-corrected chi connectivity index (χ4v) is 11.8. The smallest absolute Gasteiger partial charge is 0.0713 e.